The molecule has 8 heteroatoms. The van der Waals surface area contributed by atoms with E-state index in [1.807, 2.05) is 31.4 Å². The van der Waals surface area contributed by atoms with E-state index in [0.717, 1.165) is 5.82 Å². The van der Waals surface area contributed by atoms with Crippen LogP contribution in [0.15, 0.2) is 29.2 Å². The Kier molecular flexibility index (Phi) is 4.15. The molecule has 24 heavy (non-hydrogen) atoms. The minimum atomic E-state index is -3.68. The van der Waals surface area contributed by atoms with Crippen molar-refractivity contribution in [2.75, 3.05) is 6.54 Å². The summed E-state index contributed by atoms with van der Waals surface area (Å²) in [6, 6.07) is 8.01. The number of nitriles is 1. The fourth-order valence-electron chi connectivity index (χ4n) is 2.98. The SMILES string of the molecule is CC(C)c1nnc2n1[C@@H](C)CN(S(=O)(=O)c1cccc(C#N)c1)C2. The quantitative estimate of drug-likeness (QED) is 0.849. The fourth-order valence-corrected chi connectivity index (χ4v) is 4.50. The first-order chi connectivity index (χ1) is 11.3. The lowest BCUT2D eigenvalue weighted by Gasteiger charge is -2.32. The molecule has 1 aliphatic rings. The van der Waals surface area contributed by atoms with E-state index < -0.39 is 10.0 Å². The Balaban J connectivity index is 1.97. The molecular formula is C16H19N5O2S. The predicted octanol–water partition coefficient (Wildman–Crippen LogP) is 2.04. The number of hydrogen-bond donors (Lipinski definition) is 0. The summed E-state index contributed by atoms with van der Waals surface area (Å²) >= 11 is 0. The third-order valence-electron chi connectivity index (χ3n) is 4.14. The second-order valence-electron chi connectivity index (χ2n) is 6.29. The topological polar surface area (TPSA) is 91.9 Å². The first-order valence-corrected chi connectivity index (χ1v) is 9.22. The zero-order chi connectivity index (χ0) is 17.5. The fraction of sp³-hybridized carbons (Fsp3) is 0.438. The van der Waals surface area contributed by atoms with E-state index in [1.54, 1.807) is 12.1 Å². The first kappa shape index (κ1) is 16.6. The highest BCUT2D eigenvalue weighted by Crippen LogP contribution is 2.29. The Morgan fingerprint density at radius 2 is 2.08 bits per heavy atom. The summed E-state index contributed by atoms with van der Waals surface area (Å²) in [5.41, 5.74) is 0.325. The highest BCUT2D eigenvalue weighted by Gasteiger charge is 2.34. The van der Waals surface area contributed by atoms with Crippen molar-refractivity contribution >= 4 is 10.0 Å². The van der Waals surface area contributed by atoms with Crippen LogP contribution in [-0.4, -0.2) is 34.0 Å². The molecule has 1 aromatic carbocycles. The maximum absolute atomic E-state index is 12.9. The highest BCUT2D eigenvalue weighted by atomic mass is 32.2. The van der Waals surface area contributed by atoms with Crippen molar-refractivity contribution < 1.29 is 8.42 Å². The van der Waals surface area contributed by atoms with Gasteiger partial charge in [0.1, 0.15) is 11.6 Å². The van der Waals surface area contributed by atoms with Gasteiger partial charge in [-0.15, -0.1) is 10.2 Å². The average molecular weight is 345 g/mol. The highest BCUT2D eigenvalue weighted by molar-refractivity contribution is 7.89. The Bertz CT molecular complexity index is 911. The lowest BCUT2D eigenvalue weighted by atomic mass is 10.1. The van der Waals surface area contributed by atoms with Crippen LogP contribution in [0.3, 0.4) is 0 Å². The van der Waals surface area contributed by atoms with Crippen molar-refractivity contribution in [1.82, 2.24) is 19.1 Å². The monoisotopic (exact) mass is 345 g/mol. The van der Waals surface area contributed by atoms with Gasteiger partial charge in [0.15, 0.2) is 0 Å². The van der Waals surface area contributed by atoms with Gasteiger partial charge in [0, 0.05) is 18.5 Å². The van der Waals surface area contributed by atoms with Crippen LogP contribution in [0.2, 0.25) is 0 Å². The molecule has 0 spiro atoms. The van der Waals surface area contributed by atoms with Gasteiger partial charge >= 0.3 is 0 Å². The van der Waals surface area contributed by atoms with Gasteiger partial charge in [-0.3, -0.25) is 0 Å². The third kappa shape index (κ3) is 2.70. The van der Waals surface area contributed by atoms with Gasteiger partial charge in [-0.2, -0.15) is 9.57 Å². The predicted molar refractivity (Wildman–Crippen MR) is 87.6 cm³/mol. The standard InChI is InChI=1S/C16H19N5O2S/c1-11(2)16-19-18-15-10-20(9-12(3)21(15)16)24(22,23)14-6-4-5-13(7-14)8-17/h4-7,11-12H,9-10H2,1-3H3/t12-/m0/s1. The van der Waals surface area contributed by atoms with Crippen LogP contribution >= 0.6 is 0 Å². The van der Waals surface area contributed by atoms with Gasteiger partial charge in [-0.25, -0.2) is 8.42 Å². The van der Waals surface area contributed by atoms with Gasteiger partial charge in [0.05, 0.1) is 23.1 Å². The number of aromatic nitrogens is 3. The molecule has 1 aliphatic heterocycles. The maximum Gasteiger partial charge on any atom is 0.243 e. The zero-order valence-electron chi connectivity index (χ0n) is 13.8. The van der Waals surface area contributed by atoms with E-state index >= 15 is 0 Å². The van der Waals surface area contributed by atoms with Crippen LogP contribution in [-0.2, 0) is 16.6 Å². The van der Waals surface area contributed by atoms with Crippen LogP contribution in [0.25, 0.3) is 0 Å². The number of rotatable bonds is 3. The van der Waals surface area contributed by atoms with Gasteiger partial charge in [-0.1, -0.05) is 19.9 Å². The summed E-state index contributed by atoms with van der Waals surface area (Å²) in [6.07, 6.45) is 0. The zero-order valence-corrected chi connectivity index (χ0v) is 14.7. The van der Waals surface area contributed by atoms with Crippen molar-refractivity contribution in [1.29, 1.82) is 5.26 Å². The van der Waals surface area contributed by atoms with Crippen LogP contribution in [0.5, 0.6) is 0 Å². The molecule has 2 aromatic rings. The van der Waals surface area contributed by atoms with Crippen LogP contribution in [0.1, 0.15) is 49.9 Å². The Labute approximate surface area is 141 Å². The van der Waals surface area contributed by atoms with Crippen molar-refractivity contribution in [3.05, 3.63) is 41.5 Å². The molecule has 7 nitrogen and oxygen atoms in total. The lowest BCUT2D eigenvalue weighted by molar-refractivity contribution is 0.286. The molecular weight excluding hydrogens is 326 g/mol. The normalized spacial score (nSPS) is 18.4. The summed E-state index contributed by atoms with van der Waals surface area (Å²) in [5.74, 6) is 1.75. The number of benzene rings is 1. The van der Waals surface area contributed by atoms with Crippen molar-refractivity contribution in [2.45, 2.75) is 44.2 Å². The number of fused-ring (bicyclic) bond motifs is 1. The average Bonchev–Trinajstić information content (AvgIpc) is 2.99. The minimum absolute atomic E-state index is 0.0462. The van der Waals surface area contributed by atoms with Gasteiger partial charge in [0.2, 0.25) is 10.0 Å². The molecule has 1 atom stereocenters. The van der Waals surface area contributed by atoms with Gasteiger partial charge in [0.25, 0.3) is 0 Å². The molecule has 0 aliphatic carbocycles. The molecule has 0 unspecified atom stereocenters. The second kappa shape index (κ2) is 6.00. The van der Waals surface area contributed by atoms with E-state index in [4.69, 9.17) is 5.26 Å². The second-order valence-corrected chi connectivity index (χ2v) is 8.22. The van der Waals surface area contributed by atoms with Gasteiger partial charge < -0.3 is 4.57 Å². The van der Waals surface area contributed by atoms with Crippen molar-refractivity contribution in [3.63, 3.8) is 0 Å². The van der Waals surface area contributed by atoms with Crippen LogP contribution in [0.4, 0.5) is 0 Å². The molecule has 126 valence electrons. The van der Waals surface area contributed by atoms with E-state index in [9.17, 15) is 8.42 Å². The van der Waals surface area contributed by atoms with Crippen LogP contribution in [0, 0.1) is 11.3 Å². The molecule has 0 radical (unpaired) electrons. The van der Waals surface area contributed by atoms with E-state index in [-0.39, 0.29) is 23.4 Å². The van der Waals surface area contributed by atoms with Crippen molar-refractivity contribution in [3.8, 4) is 6.07 Å². The summed E-state index contributed by atoms with van der Waals surface area (Å²) < 4.78 is 29.3. The van der Waals surface area contributed by atoms with E-state index in [1.165, 1.54) is 16.4 Å². The molecule has 0 fully saturated rings. The summed E-state index contributed by atoms with van der Waals surface area (Å²) in [5, 5.41) is 17.4. The molecule has 3 rings (SSSR count). The summed E-state index contributed by atoms with van der Waals surface area (Å²) in [7, 11) is -3.68. The molecule has 0 N–H and O–H groups in total. The van der Waals surface area contributed by atoms with Crippen molar-refractivity contribution in [2.24, 2.45) is 0 Å². The molecule has 0 bridgehead atoms. The third-order valence-corrected chi connectivity index (χ3v) is 5.94. The maximum atomic E-state index is 12.9. The Hall–Kier alpha value is -2.24. The largest absolute Gasteiger partial charge is 0.309 e. The number of sulfonamides is 1. The van der Waals surface area contributed by atoms with Gasteiger partial charge in [-0.05, 0) is 25.1 Å². The Morgan fingerprint density at radius 3 is 2.75 bits per heavy atom. The van der Waals surface area contributed by atoms with E-state index in [2.05, 4.69) is 10.2 Å². The Morgan fingerprint density at radius 1 is 1.33 bits per heavy atom. The summed E-state index contributed by atoms with van der Waals surface area (Å²) in [4.78, 5) is 0.130. The first-order valence-electron chi connectivity index (χ1n) is 7.78. The minimum Gasteiger partial charge on any atom is -0.309 e. The molecule has 0 amide bonds. The molecule has 0 saturated heterocycles. The smallest absolute Gasteiger partial charge is 0.243 e. The number of hydrogen-bond acceptors (Lipinski definition) is 5. The molecule has 1 aromatic heterocycles. The number of nitrogens with zero attached hydrogens (tertiary/aromatic N) is 5. The summed E-state index contributed by atoms with van der Waals surface area (Å²) in [6.45, 7) is 6.58. The van der Waals surface area contributed by atoms with Crippen LogP contribution < -0.4 is 0 Å². The molecule has 0 saturated carbocycles. The van der Waals surface area contributed by atoms with E-state index in [0.29, 0.717) is 17.9 Å². The molecule has 2 heterocycles. The lowest BCUT2D eigenvalue weighted by Crippen LogP contribution is -2.40.